The summed E-state index contributed by atoms with van der Waals surface area (Å²) in [5, 5.41) is 2.88. The highest BCUT2D eigenvalue weighted by Crippen LogP contribution is 2.16. The molecule has 1 aromatic heterocycles. The van der Waals surface area contributed by atoms with Gasteiger partial charge in [0.25, 0.3) is 5.91 Å². The van der Waals surface area contributed by atoms with Gasteiger partial charge in [0.2, 0.25) is 0 Å². The highest BCUT2D eigenvalue weighted by Gasteiger charge is 2.13. The molecule has 1 aromatic carbocycles. The van der Waals surface area contributed by atoms with Crippen LogP contribution in [0.25, 0.3) is 0 Å². The maximum absolute atomic E-state index is 12.1. The van der Waals surface area contributed by atoms with E-state index in [1.165, 1.54) is 0 Å². The highest BCUT2D eigenvalue weighted by molar-refractivity contribution is 5.95. The molecule has 0 spiro atoms. The van der Waals surface area contributed by atoms with Crippen LogP contribution >= 0.6 is 0 Å². The number of nitrogens with one attached hydrogen (secondary N) is 3. The van der Waals surface area contributed by atoms with Crippen LogP contribution < -0.4 is 16.6 Å². The molecule has 19 heavy (non-hydrogen) atoms. The first-order valence-corrected chi connectivity index (χ1v) is 5.99. The molecule has 0 saturated carbocycles. The molecule has 0 aliphatic rings. The molecule has 6 nitrogen and oxygen atoms in total. The molecule has 0 fully saturated rings. The van der Waals surface area contributed by atoms with Crippen LogP contribution in [0, 0.1) is 6.92 Å². The molecule has 2 aromatic rings. The van der Waals surface area contributed by atoms with Crippen LogP contribution in [0.5, 0.6) is 0 Å². The van der Waals surface area contributed by atoms with Gasteiger partial charge in [0.1, 0.15) is 5.82 Å². The Morgan fingerprint density at radius 1 is 1.47 bits per heavy atom. The largest absolute Gasteiger partial charge is 0.347 e. The van der Waals surface area contributed by atoms with Crippen LogP contribution in [0.3, 0.4) is 0 Å². The summed E-state index contributed by atoms with van der Waals surface area (Å²) in [5.74, 6) is 5.94. The molecule has 0 aliphatic carbocycles. The SMILES string of the molecule is Cc1cc(C(=O)NC(C)c2ncc[nH]2)ccc1NN. The van der Waals surface area contributed by atoms with Gasteiger partial charge in [0, 0.05) is 18.0 Å². The number of anilines is 1. The fourth-order valence-electron chi connectivity index (χ4n) is 1.83. The Kier molecular flexibility index (Phi) is 3.82. The molecule has 2 rings (SSSR count). The number of H-pyrrole nitrogens is 1. The van der Waals surface area contributed by atoms with Crippen molar-refractivity contribution in [2.75, 3.05) is 5.43 Å². The van der Waals surface area contributed by atoms with Gasteiger partial charge in [-0.25, -0.2) is 4.98 Å². The van der Waals surface area contributed by atoms with E-state index in [1.54, 1.807) is 30.6 Å². The van der Waals surface area contributed by atoms with Crippen molar-refractivity contribution in [1.82, 2.24) is 15.3 Å². The Bertz CT molecular complexity index is 564. The molecule has 0 radical (unpaired) electrons. The summed E-state index contributed by atoms with van der Waals surface area (Å²) in [5.41, 5.74) is 4.89. The number of aromatic nitrogens is 2. The van der Waals surface area contributed by atoms with E-state index in [0.29, 0.717) is 5.56 Å². The second-order valence-corrected chi connectivity index (χ2v) is 4.34. The van der Waals surface area contributed by atoms with E-state index in [4.69, 9.17) is 5.84 Å². The predicted octanol–water partition coefficient (Wildman–Crippen LogP) is 1.49. The first kappa shape index (κ1) is 13.1. The lowest BCUT2D eigenvalue weighted by atomic mass is 10.1. The van der Waals surface area contributed by atoms with Gasteiger partial charge >= 0.3 is 0 Å². The van der Waals surface area contributed by atoms with Gasteiger partial charge in [-0.2, -0.15) is 0 Å². The van der Waals surface area contributed by atoms with Gasteiger partial charge in [-0.05, 0) is 37.6 Å². The molecular formula is C13H17N5O. The third-order valence-electron chi connectivity index (χ3n) is 2.92. The first-order chi connectivity index (χ1) is 9.11. The molecule has 5 N–H and O–H groups in total. The van der Waals surface area contributed by atoms with Gasteiger partial charge in [0.05, 0.1) is 11.7 Å². The van der Waals surface area contributed by atoms with Crippen LogP contribution in [0.15, 0.2) is 30.6 Å². The zero-order valence-corrected chi connectivity index (χ0v) is 10.9. The van der Waals surface area contributed by atoms with Gasteiger partial charge in [-0.1, -0.05) is 0 Å². The monoisotopic (exact) mass is 259 g/mol. The summed E-state index contributed by atoms with van der Waals surface area (Å²) in [6.07, 6.45) is 3.38. The number of carbonyl (C=O) groups excluding carboxylic acids is 1. The van der Waals surface area contributed by atoms with Crippen molar-refractivity contribution in [1.29, 1.82) is 0 Å². The normalized spacial score (nSPS) is 11.9. The Labute approximate surface area is 111 Å². The van der Waals surface area contributed by atoms with Crippen molar-refractivity contribution in [3.05, 3.63) is 47.5 Å². The lowest BCUT2D eigenvalue weighted by molar-refractivity contribution is 0.0938. The highest BCUT2D eigenvalue weighted by atomic mass is 16.1. The molecule has 1 heterocycles. The summed E-state index contributed by atoms with van der Waals surface area (Å²) in [6.45, 7) is 3.77. The van der Waals surface area contributed by atoms with Crippen LogP contribution in [0.2, 0.25) is 0 Å². The molecule has 0 aliphatic heterocycles. The summed E-state index contributed by atoms with van der Waals surface area (Å²) in [6, 6.07) is 5.13. The molecular weight excluding hydrogens is 242 g/mol. The average molecular weight is 259 g/mol. The molecule has 1 amide bonds. The number of aromatic amines is 1. The summed E-state index contributed by atoms with van der Waals surface area (Å²) in [7, 11) is 0. The number of carbonyl (C=O) groups is 1. The summed E-state index contributed by atoms with van der Waals surface area (Å²) in [4.78, 5) is 19.2. The van der Waals surface area contributed by atoms with Gasteiger partial charge in [0.15, 0.2) is 0 Å². The van der Waals surface area contributed by atoms with Crippen molar-refractivity contribution in [3.8, 4) is 0 Å². The predicted molar refractivity (Wildman–Crippen MR) is 73.5 cm³/mol. The van der Waals surface area contributed by atoms with Crippen molar-refractivity contribution >= 4 is 11.6 Å². The minimum atomic E-state index is -0.171. The number of rotatable bonds is 4. The number of nitrogens with two attached hydrogens (primary N) is 1. The first-order valence-electron chi connectivity index (χ1n) is 5.99. The Hall–Kier alpha value is -2.34. The Morgan fingerprint density at radius 3 is 2.84 bits per heavy atom. The Morgan fingerprint density at radius 2 is 2.26 bits per heavy atom. The van der Waals surface area contributed by atoms with Gasteiger partial charge in [-0.15, -0.1) is 0 Å². The van der Waals surface area contributed by atoms with Crippen LogP contribution in [-0.4, -0.2) is 15.9 Å². The molecule has 0 saturated heterocycles. The summed E-state index contributed by atoms with van der Waals surface area (Å²) < 4.78 is 0. The van der Waals surface area contributed by atoms with Crippen molar-refractivity contribution in [2.24, 2.45) is 5.84 Å². The number of nitrogen functional groups attached to an aromatic ring is 1. The topological polar surface area (TPSA) is 95.8 Å². The van der Waals surface area contributed by atoms with Crippen molar-refractivity contribution < 1.29 is 4.79 Å². The van der Waals surface area contributed by atoms with Crippen molar-refractivity contribution in [2.45, 2.75) is 19.9 Å². The lowest BCUT2D eigenvalue weighted by Gasteiger charge is -2.12. The maximum Gasteiger partial charge on any atom is 0.251 e. The standard InChI is InChI=1S/C13H17N5O/c1-8-7-10(3-4-11(8)18-14)13(19)17-9(2)12-15-5-6-16-12/h3-7,9,18H,14H2,1-2H3,(H,15,16)(H,17,19). The second kappa shape index (κ2) is 5.53. The number of nitrogens with zero attached hydrogens (tertiary/aromatic N) is 1. The zero-order chi connectivity index (χ0) is 13.8. The van der Waals surface area contributed by atoms with Crippen LogP contribution in [-0.2, 0) is 0 Å². The second-order valence-electron chi connectivity index (χ2n) is 4.34. The zero-order valence-electron chi connectivity index (χ0n) is 10.9. The van der Waals surface area contributed by atoms with E-state index >= 15 is 0 Å². The third-order valence-corrected chi connectivity index (χ3v) is 2.92. The lowest BCUT2D eigenvalue weighted by Crippen LogP contribution is -2.27. The molecule has 6 heteroatoms. The number of imidazole rings is 1. The maximum atomic E-state index is 12.1. The van der Waals surface area contributed by atoms with E-state index in [0.717, 1.165) is 17.1 Å². The van der Waals surface area contributed by atoms with Crippen LogP contribution in [0.4, 0.5) is 5.69 Å². The molecule has 0 bridgehead atoms. The number of aryl methyl sites for hydroxylation is 1. The van der Waals surface area contributed by atoms with E-state index in [9.17, 15) is 4.79 Å². The average Bonchev–Trinajstić information content (AvgIpc) is 2.92. The van der Waals surface area contributed by atoms with E-state index in [2.05, 4.69) is 20.7 Å². The van der Waals surface area contributed by atoms with E-state index in [-0.39, 0.29) is 11.9 Å². The fraction of sp³-hybridized carbons (Fsp3) is 0.231. The number of benzene rings is 1. The number of amides is 1. The van der Waals surface area contributed by atoms with Crippen LogP contribution in [0.1, 0.15) is 34.7 Å². The minimum absolute atomic E-state index is 0.143. The third kappa shape index (κ3) is 2.92. The minimum Gasteiger partial charge on any atom is -0.347 e. The number of hydrogen-bond donors (Lipinski definition) is 4. The quantitative estimate of drug-likeness (QED) is 0.494. The number of hydrazine groups is 1. The smallest absolute Gasteiger partial charge is 0.251 e. The van der Waals surface area contributed by atoms with Crippen molar-refractivity contribution in [3.63, 3.8) is 0 Å². The molecule has 1 atom stereocenters. The summed E-state index contributed by atoms with van der Waals surface area (Å²) >= 11 is 0. The molecule has 100 valence electrons. The number of hydrogen-bond acceptors (Lipinski definition) is 4. The Balaban J connectivity index is 2.10. The molecule has 1 unspecified atom stereocenters. The van der Waals surface area contributed by atoms with Gasteiger partial charge in [-0.3, -0.25) is 10.6 Å². The van der Waals surface area contributed by atoms with E-state index < -0.39 is 0 Å². The van der Waals surface area contributed by atoms with E-state index in [1.807, 2.05) is 13.8 Å². The van der Waals surface area contributed by atoms with Gasteiger partial charge < -0.3 is 15.7 Å². The fourth-order valence-corrected chi connectivity index (χ4v) is 1.83.